The molecule has 0 amide bonds. The highest BCUT2D eigenvalue weighted by molar-refractivity contribution is 5.23. The largest absolute Gasteiger partial charge is 0.481 e. The molecule has 1 N–H and O–H groups in total. The van der Waals surface area contributed by atoms with Crippen LogP contribution in [-0.2, 0) is 0 Å². The van der Waals surface area contributed by atoms with Gasteiger partial charge in [0.05, 0.1) is 19.1 Å². The molecule has 18 heavy (non-hydrogen) atoms. The lowest BCUT2D eigenvalue weighted by molar-refractivity contribution is -0.531. The highest BCUT2D eigenvalue weighted by atomic mass is 16.6. The topological polar surface area (TPSA) is 85.5 Å². The minimum Gasteiger partial charge on any atom is -0.481 e. The predicted octanol–water partition coefficient (Wildman–Crippen LogP) is 1.36. The molecule has 0 bridgehead atoms. The molecule has 3 atom stereocenters. The number of aliphatic hydroxyl groups excluding tert-OH is 1. The summed E-state index contributed by atoms with van der Waals surface area (Å²) in [6, 6.07) is 2.84. The summed E-state index contributed by atoms with van der Waals surface area (Å²) in [7, 11) is 1.52. The Morgan fingerprint density at radius 1 is 1.50 bits per heavy atom. The Morgan fingerprint density at radius 2 is 2.28 bits per heavy atom. The second-order valence-electron chi connectivity index (χ2n) is 4.56. The molecule has 1 aromatic heterocycles. The molecule has 98 valence electrons. The van der Waals surface area contributed by atoms with Gasteiger partial charge in [0.15, 0.2) is 0 Å². The quantitative estimate of drug-likeness (QED) is 0.648. The third-order valence-electron chi connectivity index (χ3n) is 3.45. The first-order chi connectivity index (χ1) is 8.61. The first-order valence-corrected chi connectivity index (χ1v) is 5.93. The van der Waals surface area contributed by atoms with Crippen LogP contribution in [0.15, 0.2) is 18.3 Å². The van der Waals surface area contributed by atoms with E-state index in [4.69, 9.17) is 4.74 Å². The van der Waals surface area contributed by atoms with Crippen molar-refractivity contribution in [3.63, 3.8) is 0 Å². The molecule has 1 aliphatic rings. The number of ether oxygens (including phenoxy) is 1. The molecule has 1 aromatic rings. The van der Waals surface area contributed by atoms with Crippen molar-refractivity contribution in [3.8, 4) is 5.88 Å². The number of aliphatic hydroxyl groups is 1. The number of methoxy groups -OCH3 is 1. The van der Waals surface area contributed by atoms with Gasteiger partial charge in [-0.1, -0.05) is 6.07 Å². The van der Waals surface area contributed by atoms with Gasteiger partial charge >= 0.3 is 0 Å². The number of nitro groups is 1. The summed E-state index contributed by atoms with van der Waals surface area (Å²) in [5.41, 5.74) is 0.788. The van der Waals surface area contributed by atoms with E-state index in [1.807, 2.05) is 0 Å². The van der Waals surface area contributed by atoms with Crippen LogP contribution in [0.3, 0.4) is 0 Å². The van der Waals surface area contributed by atoms with Crippen molar-refractivity contribution in [2.24, 2.45) is 0 Å². The van der Waals surface area contributed by atoms with Crippen LogP contribution < -0.4 is 4.74 Å². The predicted molar refractivity (Wildman–Crippen MR) is 64.2 cm³/mol. The zero-order valence-electron chi connectivity index (χ0n) is 10.2. The summed E-state index contributed by atoms with van der Waals surface area (Å²) < 4.78 is 4.96. The second kappa shape index (κ2) is 5.30. The third-order valence-corrected chi connectivity index (χ3v) is 3.45. The van der Waals surface area contributed by atoms with Gasteiger partial charge in [0, 0.05) is 23.6 Å². The Hall–Kier alpha value is -1.69. The van der Waals surface area contributed by atoms with Crippen molar-refractivity contribution in [1.82, 2.24) is 4.98 Å². The summed E-state index contributed by atoms with van der Waals surface area (Å²) in [5.74, 6) is 0.204. The number of hydrogen-bond donors (Lipinski definition) is 1. The Morgan fingerprint density at radius 3 is 2.83 bits per heavy atom. The van der Waals surface area contributed by atoms with E-state index in [0.29, 0.717) is 25.1 Å². The second-order valence-corrected chi connectivity index (χ2v) is 4.56. The van der Waals surface area contributed by atoms with Gasteiger partial charge < -0.3 is 9.84 Å². The lowest BCUT2D eigenvalue weighted by Gasteiger charge is -2.28. The monoisotopic (exact) mass is 252 g/mol. The van der Waals surface area contributed by atoms with Crippen molar-refractivity contribution in [2.75, 3.05) is 7.11 Å². The van der Waals surface area contributed by atoms with Gasteiger partial charge in [0.25, 0.3) is 0 Å². The highest BCUT2D eigenvalue weighted by Crippen LogP contribution is 2.34. The SMILES string of the molecule is COc1ccc([C@H]2C[C@@H](O)CC[C@@H]2[N+](=O)[O-])cn1. The van der Waals surface area contributed by atoms with Crippen LogP contribution in [0.4, 0.5) is 0 Å². The van der Waals surface area contributed by atoms with Crippen LogP contribution in [0.1, 0.15) is 30.7 Å². The van der Waals surface area contributed by atoms with Gasteiger partial charge in [0.1, 0.15) is 0 Å². The molecule has 0 saturated heterocycles. The minimum absolute atomic E-state index is 0.249. The fraction of sp³-hybridized carbons (Fsp3) is 0.583. The van der Waals surface area contributed by atoms with E-state index in [-0.39, 0.29) is 10.8 Å². The molecule has 1 saturated carbocycles. The van der Waals surface area contributed by atoms with Crippen LogP contribution in [0.25, 0.3) is 0 Å². The fourth-order valence-electron chi connectivity index (χ4n) is 2.47. The van der Waals surface area contributed by atoms with E-state index in [2.05, 4.69) is 4.98 Å². The number of aromatic nitrogens is 1. The molecule has 2 rings (SSSR count). The Balaban J connectivity index is 2.23. The lowest BCUT2D eigenvalue weighted by Crippen LogP contribution is -2.35. The summed E-state index contributed by atoms with van der Waals surface area (Å²) in [6.07, 6.45) is 2.45. The van der Waals surface area contributed by atoms with Crippen LogP contribution >= 0.6 is 0 Å². The van der Waals surface area contributed by atoms with Crippen molar-refractivity contribution in [3.05, 3.63) is 34.0 Å². The molecule has 1 fully saturated rings. The van der Waals surface area contributed by atoms with E-state index in [1.165, 1.54) is 7.11 Å². The third kappa shape index (κ3) is 2.59. The van der Waals surface area contributed by atoms with E-state index in [0.717, 1.165) is 5.56 Å². The summed E-state index contributed by atoms with van der Waals surface area (Å²) in [5, 5.41) is 20.7. The van der Waals surface area contributed by atoms with Gasteiger partial charge in [-0.25, -0.2) is 4.98 Å². The standard InChI is InChI=1S/C12H16N2O4/c1-18-12-5-2-8(7-13-12)10-6-9(15)3-4-11(10)14(16)17/h2,5,7,9-11,15H,3-4,6H2,1H3/t9-,10+,11-/m0/s1. The first-order valence-electron chi connectivity index (χ1n) is 5.93. The highest BCUT2D eigenvalue weighted by Gasteiger charge is 2.38. The molecular formula is C12H16N2O4. The Bertz CT molecular complexity index is 421. The van der Waals surface area contributed by atoms with E-state index >= 15 is 0 Å². The van der Waals surface area contributed by atoms with Crippen molar-refractivity contribution >= 4 is 0 Å². The Kier molecular flexibility index (Phi) is 3.76. The van der Waals surface area contributed by atoms with E-state index in [1.54, 1.807) is 18.3 Å². The van der Waals surface area contributed by atoms with Crippen LogP contribution in [-0.4, -0.2) is 34.3 Å². The molecule has 6 nitrogen and oxygen atoms in total. The maximum Gasteiger partial charge on any atom is 0.220 e. The number of rotatable bonds is 3. The van der Waals surface area contributed by atoms with Gasteiger partial charge in [-0.3, -0.25) is 10.1 Å². The number of nitrogens with zero attached hydrogens (tertiary/aromatic N) is 2. The molecule has 0 radical (unpaired) electrons. The molecule has 0 unspecified atom stereocenters. The smallest absolute Gasteiger partial charge is 0.220 e. The molecular weight excluding hydrogens is 236 g/mol. The molecule has 0 aromatic carbocycles. The summed E-state index contributed by atoms with van der Waals surface area (Å²) in [4.78, 5) is 14.9. The number of pyridine rings is 1. The molecule has 0 spiro atoms. The minimum atomic E-state index is -0.636. The average Bonchev–Trinajstić information content (AvgIpc) is 2.38. The van der Waals surface area contributed by atoms with E-state index < -0.39 is 12.1 Å². The van der Waals surface area contributed by atoms with Crippen LogP contribution in [0.2, 0.25) is 0 Å². The van der Waals surface area contributed by atoms with Crippen molar-refractivity contribution in [2.45, 2.75) is 37.3 Å². The number of hydrogen-bond acceptors (Lipinski definition) is 5. The van der Waals surface area contributed by atoms with Crippen molar-refractivity contribution < 1.29 is 14.8 Å². The lowest BCUT2D eigenvalue weighted by atomic mass is 9.79. The molecule has 1 aliphatic carbocycles. The fourth-order valence-corrected chi connectivity index (χ4v) is 2.47. The average molecular weight is 252 g/mol. The Labute approximate surface area is 105 Å². The van der Waals surface area contributed by atoms with Crippen molar-refractivity contribution in [1.29, 1.82) is 0 Å². The molecule has 1 heterocycles. The maximum atomic E-state index is 11.0. The zero-order valence-corrected chi connectivity index (χ0v) is 10.2. The summed E-state index contributed by atoms with van der Waals surface area (Å²) >= 11 is 0. The normalized spacial score (nSPS) is 27.8. The van der Waals surface area contributed by atoms with Gasteiger partial charge in [0.2, 0.25) is 11.9 Å². The summed E-state index contributed by atoms with van der Waals surface area (Å²) in [6.45, 7) is 0. The van der Waals surface area contributed by atoms with Gasteiger partial charge in [-0.2, -0.15) is 0 Å². The van der Waals surface area contributed by atoms with Gasteiger partial charge in [-0.15, -0.1) is 0 Å². The van der Waals surface area contributed by atoms with E-state index in [9.17, 15) is 15.2 Å². The molecule has 0 aliphatic heterocycles. The van der Waals surface area contributed by atoms with Gasteiger partial charge in [-0.05, 0) is 18.4 Å². The van der Waals surface area contributed by atoms with Crippen LogP contribution in [0, 0.1) is 10.1 Å². The zero-order chi connectivity index (χ0) is 13.1. The molecule has 6 heteroatoms. The maximum absolute atomic E-state index is 11.0. The first kappa shape index (κ1) is 12.8. The van der Waals surface area contributed by atoms with Crippen LogP contribution in [0.5, 0.6) is 5.88 Å².